The first-order valence-corrected chi connectivity index (χ1v) is 9.84. The summed E-state index contributed by atoms with van der Waals surface area (Å²) in [6, 6.07) is 11.7. The van der Waals surface area contributed by atoms with Gasteiger partial charge in [-0.1, -0.05) is 18.2 Å². The lowest BCUT2D eigenvalue weighted by atomic mass is 9.82. The molecule has 1 saturated heterocycles. The Hall–Kier alpha value is -2.93. The van der Waals surface area contributed by atoms with Crippen molar-refractivity contribution in [3.63, 3.8) is 0 Å². The van der Waals surface area contributed by atoms with E-state index in [1.807, 2.05) is 19.1 Å². The number of aliphatic hydroxyl groups is 1. The van der Waals surface area contributed by atoms with Gasteiger partial charge in [-0.3, -0.25) is 9.89 Å². The topological polar surface area (TPSA) is 82.4 Å². The quantitative estimate of drug-likeness (QED) is 0.711. The first-order valence-electron chi connectivity index (χ1n) is 9.84. The number of nitrogens with one attached hydrogen (secondary N) is 1. The lowest BCUT2D eigenvalue weighted by molar-refractivity contribution is -0.00895. The van der Waals surface area contributed by atoms with E-state index < -0.39 is 11.4 Å². The van der Waals surface area contributed by atoms with Crippen molar-refractivity contribution < 1.29 is 18.7 Å². The lowest BCUT2D eigenvalue weighted by Gasteiger charge is -2.31. The van der Waals surface area contributed by atoms with Crippen molar-refractivity contribution in [2.24, 2.45) is 11.8 Å². The molecule has 1 amide bonds. The van der Waals surface area contributed by atoms with E-state index in [0.29, 0.717) is 42.2 Å². The number of amides is 1. The second-order valence-electron chi connectivity index (χ2n) is 8.10. The van der Waals surface area contributed by atoms with Gasteiger partial charge in [-0.15, -0.1) is 0 Å². The van der Waals surface area contributed by atoms with Gasteiger partial charge in [0.15, 0.2) is 11.5 Å². The van der Waals surface area contributed by atoms with Crippen LogP contribution >= 0.6 is 0 Å². The summed E-state index contributed by atoms with van der Waals surface area (Å²) in [5.74, 6) is 0.778. The Kier molecular flexibility index (Phi) is 4.10. The number of fused-ring (bicyclic) bond motifs is 1. The van der Waals surface area contributed by atoms with Gasteiger partial charge in [-0.2, -0.15) is 5.10 Å². The predicted octanol–water partition coefficient (Wildman–Crippen LogP) is 3.49. The van der Waals surface area contributed by atoms with Crippen LogP contribution in [-0.4, -0.2) is 39.2 Å². The van der Waals surface area contributed by atoms with Crippen LogP contribution in [-0.2, 0) is 5.60 Å². The Morgan fingerprint density at radius 1 is 1.31 bits per heavy atom. The smallest absolute Gasteiger partial charge is 0.274 e. The maximum Gasteiger partial charge on any atom is 0.274 e. The van der Waals surface area contributed by atoms with Crippen LogP contribution < -0.4 is 0 Å². The maximum atomic E-state index is 14.4. The fraction of sp³-hybridized carbons (Fsp3) is 0.364. The van der Waals surface area contributed by atoms with Crippen molar-refractivity contribution in [1.29, 1.82) is 0 Å². The van der Waals surface area contributed by atoms with Gasteiger partial charge in [0.25, 0.3) is 5.91 Å². The summed E-state index contributed by atoms with van der Waals surface area (Å²) in [4.78, 5) is 14.7. The first kappa shape index (κ1) is 18.1. The van der Waals surface area contributed by atoms with Crippen LogP contribution in [0.3, 0.4) is 0 Å². The molecule has 2 aromatic heterocycles. The van der Waals surface area contributed by atoms with Gasteiger partial charge in [0, 0.05) is 30.6 Å². The van der Waals surface area contributed by atoms with Gasteiger partial charge in [-0.25, -0.2) is 4.39 Å². The molecule has 2 aliphatic rings. The van der Waals surface area contributed by atoms with Gasteiger partial charge >= 0.3 is 0 Å². The summed E-state index contributed by atoms with van der Waals surface area (Å²) in [7, 11) is 0. The van der Waals surface area contributed by atoms with Crippen molar-refractivity contribution in [3.05, 3.63) is 65.3 Å². The van der Waals surface area contributed by atoms with Crippen LogP contribution in [0.25, 0.3) is 11.5 Å². The molecule has 0 spiro atoms. The molecule has 29 heavy (non-hydrogen) atoms. The standard InChI is InChI=1S/C22H22FN3O3/c1-13-6-7-20(29-13)18-10-19(25-24-18)21(27)26-11-14-8-9-22(28,16(14)12-26)15-4-2-3-5-17(15)23/h2-7,10,14,16,28H,8-9,11-12H2,1H3,(H,24,25)/t14-,16+,22+/m1/s1. The number of carbonyl (C=O) groups excluding carboxylic acids is 1. The third-order valence-corrected chi connectivity index (χ3v) is 6.38. The van der Waals surface area contributed by atoms with Crippen molar-refractivity contribution >= 4 is 5.91 Å². The molecule has 1 aromatic carbocycles. The molecule has 150 valence electrons. The number of benzene rings is 1. The average Bonchev–Trinajstić information content (AvgIpc) is 3.47. The number of H-pyrrole nitrogens is 1. The number of rotatable bonds is 3. The van der Waals surface area contributed by atoms with Crippen molar-refractivity contribution in [2.75, 3.05) is 13.1 Å². The van der Waals surface area contributed by atoms with Gasteiger partial charge in [0.2, 0.25) is 0 Å². The molecule has 1 saturated carbocycles. The highest BCUT2D eigenvalue weighted by Gasteiger charge is 2.54. The number of furan rings is 1. The third-order valence-electron chi connectivity index (χ3n) is 6.38. The predicted molar refractivity (Wildman–Crippen MR) is 103 cm³/mol. The van der Waals surface area contributed by atoms with E-state index in [9.17, 15) is 14.3 Å². The normalized spacial score (nSPS) is 26.1. The highest BCUT2D eigenvalue weighted by atomic mass is 19.1. The Labute approximate surface area is 167 Å². The van der Waals surface area contributed by atoms with Gasteiger partial charge in [0.05, 0.1) is 5.60 Å². The van der Waals surface area contributed by atoms with E-state index in [2.05, 4.69) is 10.2 Å². The fourth-order valence-corrected chi connectivity index (χ4v) is 4.91. The fourth-order valence-electron chi connectivity index (χ4n) is 4.91. The number of nitrogens with zero attached hydrogens (tertiary/aromatic N) is 2. The zero-order chi connectivity index (χ0) is 20.2. The van der Waals surface area contributed by atoms with Crippen LogP contribution in [0.4, 0.5) is 4.39 Å². The molecule has 3 aromatic rings. The Morgan fingerprint density at radius 2 is 2.14 bits per heavy atom. The number of aryl methyl sites for hydroxylation is 1. The minimum atomic E-state index is -1.24. The monoisotopic (exact) mass is 395 g/mol. The van der Waals surface area contributed by atoms with E-state index in [-0.39, 0.29) is 17.7 Å². The highest BCUT2D eigenvalue weighted by molar-refractivity contribution is 5.93. The zero-order valence-corrected chi connectivity index (χ0v) is 16.1. The summed E-state index contributed by atoms with van der Waals surface area (Å²) in [6.07, 6.45) is 1.27. The van der Waals surface area contributed by atoms with Gasteiger partial charge in [0.1, 0.15) is 17.3 Å². The van der Waals surface area contributed by atoms with Gasteiger partial charge in [-0.05, 0) is 43.9 Å². The van der Waals surface area contributed by atoms with Crippen molar-refractivity contribution in [3.8, 4) is 11.5 Å². The molecule has 0 radical (unpaired) electrons. The third kappa shape index (κ3) is 2.88. The average molecular weight is 395 g/mol. The molecule has 6 nitrogen and oxygen atoms in total. The number of hydrogen-bond donors (Lipinski definition) is 2. The SMILES string of the molecule is Cc1ccc(-c2cc(C(=O)N3C[C@H]4CC[C@](O)(c5ccccc5F)[C@H]4C3)n[nH]2)o1. The largest absolute Gasteiger partial charge is 0.460 e. The van der Waals surface area contributed by atoms with Crippen LogP contribution in [0.1, 0.15) is 34.7 Å². The van der Waals surface area contributed by atoms with Gasteiger partial charge < -0.3 is 14.4 Å². The van der Waals surface area contributed by atoms with Crippen LogP contribution in [0.2, 0.25) is 0 Å². The number of hydrogen-bond acceptors (Lipinski definition) is 4. The van der Waals surface area contributed by atoms with Crippen LogP contribution in [0, 0.1) is 24.6 Å². The molecular formula is C22H22FN3O3. The highest BCUT2D eigenvalue weighted by Crippen LogP contribution is 2.51. The molecule has 0 bridgehead atoms. The summed E-state index contributed by atoms with van der Waals surface area (Å²) in [5.41, 5.74) is 0.0391. The van der Waals surface area contributed by atoms with Crippen molar-refractivity contribution in [1.82, 2.24) is 15.1 Å². The molecular weight excluding hydrogens is 373 g/mol. The molecule has 3 heterocycles. The molecule has 0 unspecified atom stereocenters. The second kappa shape index (κ2) is 6.56. The molecule has 7 heteroatoms. The van der Waals surface area contributed by atoms with E-state index >= 15 is 0 Å². The molecule has 2 N–H and O–H groups in total. The van der Waals surface area contributed by atoms with E-state index in [0.717, 1.165) is 12.2 Å². The van der Waals surface area contributed by atoms with Crippen molar-refractivity contribution in [2.45, 2.75) is 25.4 Å². The zero-order valence-electron chi connectivity index (χ0n) is 16.1. The number of aromatic amines is 1. The summed E-state index contributed by atoms with van der Waals surface area (Å²) < 4.78 is 19.9. The molecule has 1 aliphatic carbocycles. The molecule has 1 aliphatic heterocycles. The molecule has 2 fully saturated rings. The number of aromatic nitrogens is 2. The Morgan fingerprint density at radius 3 is 2.90 bits per heavy atom. The Balaban J connectivity index is 1.36. The number of carbonyl (C=O) groups is 1. The van der Waals surface area contributed by atoms with Crippen LogP contribution in [0.5, 0.6) is 0 Å². The maximum absolute atomic E-state index is 14.4. The van der Waals surface area contributed by atoms with Crippen LogP contribution in [0.15, 0.2) is 46.9 Å². The van der Waals surface area contributed by atoms with E-state index in [1.165, 1.54) is 6.07 Å². The molecule has 3 atom stereocenters. The molecule has 5 rings (SSSR count). The first-order chi connectivity index (χ1) is 14.0. The Bertz CT molecular complexity index is 1070. The minimum absolute atomic E-state index is 0.148. The summed E-state index contributed by atoms with van der Waals surface area (Å²) in [6.45, 7) is 2.78. The summed E-state index contributed by atoms with van der Waals surface area (Å²) >= 11 is 0. The number of likely N-dealkylation sites (tertiary alicyclic amines) is 1. The minimum Gasteiger partial charge on any atom is -0.460 e. The lowest BCUT2D eigenvalue weighted by Crippen LogP contribution is -2.37. The number of halogens is 1. The second-order valence-corrected chi connectivity index (χ2v) is 8.10. The van der Waals surface area contributed by atoms with E-state index in [1.54, 1.807) is 29.2 Å². The van der Waals surface area contributed by atoms with E-state index in [4.69, 9.17) is 4.42 Å². The summed E-state index contributed by atoms with van der Waals surface area (Å²) in [5, 5.41) is 18.3.